The molecule has 0 radical (unpaired) electrons. The second kappa shape index (κ2) is 8.38. The number of nitrogens with zero attached hydrogens (tertiary/aromatic N) is 2. The van der Waals surface area contributed by atoms with Crippen molar-refractivity contribution in [2.45, 2.75) is 13.5 Å². The first-order valence-electron chi connectivity index (χ1n) is 9.06. The van der Waals surface area contributed by atoms with Gasteiger partial charge in [-0.05, 0) is 55.0 Å². The van der Waals surface area contributed by atoms with Crippen molar-refractivity contribution in [3.63, 3.8) is 0 Å². The first-order chi connectivity index (χ1) is 14.4. The van der Waals surface area contributed by atoms with Crippen LogP contribution in [0, 0.1) is 12.7 Å². The zero-order chi connectivity index (χ0) is 21.3. The minimum absolute atomic E-state index is 0.0857. The maximum Gasteiger partial charge on any atom is 0.197 e. The van der Waals surface area contributed by atoms with Crippen LogP contribution in [0.15, 0.2) is 60.8 Å². The van der Waals surface area contributed by atoms with E-state index in [9.17, 15) is 9.18 Å². The van der Waals surface area contributed by atoms with E-state index >= 15 is 0 Å². The van der Waals surface area contributed by atoms with Gasteiger partial charge in [0.05, 0.1) is 27.3 Å². The topological polar surface area (TPSA) is 52.1 Å². The van der Waals surface area contributed by atoms with Crippen LogP contribution in [0.1, 0.15) is 27.2 Å². The maximum atomic E-state index is 14.6. The van der Waals surface area contributed by atoms with E-state index in [2.05, 4.69) is 9.97 Å². The van der Waals surface area contributed by atoms with Crippen molar-refractivity contribution in [3.8, 4) is 5.75 Å². The molecule has 1 heterocycles. The van der Waals surface area contributed by atoms with Gasteiger partial charge in [-0.15, -0.1) is 0 Å². The van der Waals surface area contributed by atoms with Crippen molar-refractivity contribution in [3.05, 3.63) is 99.0 Å². The van der Waals surface area contributed by atoms with E-state index in [1.54, 1.807) is 49.5 Å². The van der Waals surface area contributed by atoms with Gasteiger partial charge >= 0.3 is 0 Å². The van der Waals surface area contributed by atoms with Gasteiger partial charge in [-0.25, -0.2) is 9.37 Å². The van der Waals surface area contributed by atoms with Crippen LogP contribution in [-0.4, -0.2) is 15.8 Å². The lowest BCUT2D eigenvalue weighted by Crippen LogP contribution is -2.07. The zero-order valence-electron chi connectivity index (χ0n) is 15.8. The summed E-state index contributed by atoms with van der Waals surface area (Å²) in [6.07, 6.45) is 1.64. The molecule has 4 rings (SSSR count). The minimum atomic E-state index is -0.726. The highest BCUT2D eigenvalue weighted by molar-refractivity contribution is 6.36. The lowest BCUT2D eigenvalue weighted by molar-refractivity contribution is 0.103. The molecule has 0 fully saturated rings. The lowest BCUT2D eigenvalue weighted by atomic mass is 10.0. The van der Waals surface area contributed by atoms with Gasteiger partial charge in [0.1, 0.15) is 18.2 Å². The average molecular weight is 441 g/mol. The van der Waals surface area contributed by atoms with E-state index in [1.165, 1.54) is 6.07 Å². The molecule has 30 heavy (non-hydrogen) atoms. The number of aromatic nitrogens is 2. The Morgan fingerprint density at radius 1 is 1.07 bits per heavy atom. The Morgan fingerprint density at radius 3 is 2.70 bits per heavy atom. The summed E-state index contributed by atoms with van der Waals surface area (Å²) in [5.41, 5.74) is 2.73. The molecule has 0 amide bonds. The Bertz CT molecular complexity index is 1280. The van der Waals surface area contributed by atoms with E-state index in [0.717, 1.165) is 11.6 Å². The highest BCUT2D eigenvalue weighted by Gasteiger charge is 2.22. The van der Waals surface area contributed by atoms with Crippen molar-refractivity contribution in [1.82, 2.24) is 9.97 Å². The molecule has 0 N–H and O–H groups in total. The summed E-state index contributed by atoms with van der Waals surface area (Å²) in [7, 11) is 0. The smallest absolute Gasteiger partial charge is 0.197 e. The summed E-state index contributed by atoms with van der Waals surface area (Å²) in [6.45, 7) is 1.97. The van der Waals surface area contributed by atoms with E-state index in [-0.39, 0.29) is 28.5 Å². The first kappa shape index (κ1) is 20.3. The van der Waals surface area contributed by atoms with Crippen LogP contribution < -0.4 is 4.74 Å². The number of rotatable bonds is 5. The van der Waals surface area contributed by atoms with Crippen LogP contribution in [0.2, 0.25) is 10.0 Å². The van der Waals surface area contributed by atoms with Gasteiger partial charge in [0.2, 0.25) is 0 Å². The van der Waals surface area contributed by atoms with Crippen molar-refractivity contribution in [2.24, 2.45) is 0 Å². The number of hydrogen-bond acceptors (Lipinski definition) is 4. The summed E-state index contributed by atoms with van der Waals surface area (Å²) < 4.78 is 20.3. The molecule has 0 spiro atoms. The quantitative estimate of drug-likeness (QED) is 0.347. The average Bonchev–Trinajstić information content (AvgIpc) is 2.72. The fraction of sp³-hybridized carbons (Fsp3) is 0.0870. The molecule has 0 unspecified atom stereocenters. The Labute approximate surface area is 182 Å². The van der Waals surface area contributed by atoms with Crippen LogP contribution >= 0.6 is 23.2 Å². The largest absolute Gasteiger partial charge is 0.487 e. The zero-order valence-corrected chi connectivity index (χ0v) is 17.3. The number of ketones is 1. The molecule has 4 aromatic rings. The fourth-order valence-corrected chi connectivity index (χ4v) is 3.54. The van der Waals surface area contributed by atoms with E-state index in [4.69, 9.17) is 27.9 Å². The molecule has 3 aromatic carbocycles. The Morgan fingerprint density at radius 2 is 1.90 bits per heavy atom. The SMILES string of the molecule is Cc1cnc2ccc(C(=O)c3c(F)ccc(OCc4cccc(Cl)c4)c3Cl)cc2n1. The predicted octanol–water partition coefficient (Wildman–Crippen LogP) is 6.19. The van der Waals surface area contributed by atoms with Crippen LogP contribution in [-0.2, 0) is 6.61 Å². The molecule has 0 saturated carbocycles. The third-order valence-electron chi connectivity index (χ3n) is 4.49. The van der Waals surface area contributed by atoms with Gasteiger partial charge in [-0.1, -0.05) is 35.3 Å². The van der Waals surface area contributed by atoms with Crippen LogP contribution in [0.25, 0.3) is 11.0 Å². The highest BCUT2D eigenvalue weighted by atomic mass is 35.5. The van der Waals surface area contributed by atoms with Crippen molar-refractivity contribution in [2.75, 3.05) is 0 Å². The second-order valence-electron chi connectivity index (χ2n) is 6.70. The Kier molecular flexibility index (Phi) is 5.66. The molecule has 0 aliphatic carbocycles. The summed E-state index contributed by atoms with van der Waals surface area (Å²) in [4.78, 5) is 21.7. The minimum Gasteiger partial charge on any atom is -0.487 e. The number of carbonyl (C=O) groups is 1. The number of ether oxygens (including phenoxy) is 1. The highest BCUT2D eigenvalue weighted by Crippen LogP contribution is 2.33. The molecule has 4 nitrogen and oxygen atoms in total. The summed E-state index contributed by atoms with van der Waals surface area (Å²) in [6, 6.07) is 14.5. The molecule has 0 saturated heterocycles. The fourth-order valence-electron chi connectivity index (χ4n) is 3.03. The molecule has 0 aliphatic heterocycles. The number of carbonyl (C=O) groups excluding carboxylic acids is 1. The third kappa shape index (κ3) is 4.13. The van der Waals surface area contributed by atoms with Gasteiger partial charge in [0.25, 0.3) is 0 Å². The van der Waals surface area contributed by atoms with Crippen LogP contribution in [0.3, 0.4) is 0 Å². The summed E-state index contributed by atoms with van der Waals surface area (Å²) in [5.74, 6) is -1.08. The van der Waals surface area contributed by atoms with Gasteiger partial charge in [0, 0.05) is 16.8 Å². The monoisotopic (exact) mass is 440 g/mol. The lowest BCUT2D eigenvalue weighted by Gasteiger charge is -2.12. The molecule has 1 aromatic heterocycles. The maximum absolute atomic E-state index is 14.6. The molecule has 0 aliphatic rings. The van der Waals surface area contributed by atoms with Gasteiger partial charge in [-0.3, -0.25) is 9.78 Å². The van der Waals surface area contributed by atoms with E-state index < -0.39 is 11.6 Å². The van der Waals surface area contributed by atoms with Gasteiger partial charge in [-0.2, -0.15) is 0 Å². The number of fused-ring (bicyclic) bond motifs is 1. The standard InChI is InChI=1S/C23H15Cl2FN2O2/c1-13-11-27-18-7-5-15(10-19(18)28-13)23(29)21-17(26)6-8-20(22(21)25)30-12-14-3-2-4-16(24)9-14/h2-11H,12H2,1H3. The van der Waals surface area contributed by atoms with Gasteiger partial charge in [0.15, 0.2) is 5.78 Å². The molecule has 150 valence electrons. The molecule has 7 heteroatoms. The Hall–Kier alpha value is -3.02. The third-order valence-corrected chi connectivity index (χ3v) is 5.10. The molecule has 0 atom stereocenters. The van der Waals surface area contributed by atoms with Crippen LogP contribution in [0.4, 0.5) is 4.39 Å². The predicted molar refractivity (Wildman–Crippen MR) is 115 cm³/mol. The van der Waals surface area contributed by atoms with Crippen molar-refractivity contribution >= 4 is 40.0 Å². The molecular formula is C23H15Cl2FN2O2. The van der Waals surface area contributed by atoms with Crippen molar-refractivity contribution < 1.29 is 13.9 Å². The number of halogens is 3. The number of aryl methyl sites for hydroxylation is 1. The summed E-state index contributed by atoms with van der Waals surface area (Å²) >= 11 is 12.3. The molecular weight excluding hydrogens is 426 g/mol. The van der Waals surface area contributed by atoms with Gasteiger partial charge < -0.3 is 4.74 Å². The normalized spacial score (nSPS) is 10.9. The first-order valence-corrected chi connectivity index (χ1v) is 9.81. The van der Waals surface area contributed by atoms with Crippen LogP contribution in [0.5, 0.6) is 5.75 Å². The van der Waals surface area contributed by atoms with E-state index in [1.807, 2.05) is 6.07 Å². The number of benzene rings is 3. The Balaban J connectivity index is 1.66. The molecule has 0 bridgehead atoms. The van der Waals surface area contributed by atoms with Crippen molar-refractivity contribution in [1.29, 1.82) is 0 Å². The number of hydrogen-bond donors (Lipinski definition) is 0. The second-order valence-corrected chi connectivity index (χ2v) is 7.51. The summed E-state index contributed by atoms with van der Waals surface area (Å²) in [5, 5.41) is 0.490. The van der Waals surface area contributed by atoms with E-state index in [0.29, 0.717) is 21.7 Å².